The standard InChI is InChI=1S/C39H45N7O4/c1-43(2)38(49)32-8-4-28(5-9-32)24-45-20-21-46-34(39(45)25-50-26-39)23-40-35(46)37(48)41-22-27-6-14-33(15-7-27)42-36(47)31-12-10-29(11-13-31)30-16-18-44(3)19-17-30/h4-15,23,30H,16-22,24-26H2,1-3H3,(H,41,48)(H,42,47). The van der Waals surface area contributed by atoms with Crippen LogP contribution in [0.5, 0.6) is 0 Å². The van der Waals surface area contributed by atoms with E-state index in [-0.39, 0.29) is 23.3 Å². The average molecular weight is 676 g/mol. The second-order valence-electron chi connectivity index (χ2n) is 14.0. The largest absolute Gasteiger partial charge is 0.377 e. The summed E-state index contributed by atoms with van der Waals surface area (Å²) >= 11 is 0. The second-order valence-corrected chi connectivity index (χ2v) is 14.0. The predicted molar refractivity (Wildman–Crippen MR) is 191 cm³/mol. The van der Waals surface area contributed by atoms with Crippen LogP contribution in [0.15, 0.2) is 79.0 Å². The van der Waals surface area contributed by atoms with Crippen molar-refractivity contribution in [2.24, 2.45) is 0 Å². The van der Waals surface area contributed by atoms with Crippen molar-refractivity contribution in [1.29, 1.82) is 0 Å². The summed E-state index contributed by atoms with van der Waals surface area (Å²) in [6.07, 6.45) is 4.10. The molecule has 7 rings (SSSR count). The third-order valence-electron chi connectivity index (χ3n) is 10.4. The first-order chi connectivity index (χ1) is 24.2. The highest BCUT2D eigenvalue weighted by atomic mass is 16.5. The van der Waals surface area contributed by atoms with Gasteiger partial charge in [0, 0.05) is 57.1 Å². The average Bonchev–Trinajstić information content (AvgIpc) is 3.55. The Morgan fingerprint density at radius 3 is 2.14 bits per heavy atom. The van der Waals surface area contributed by atoms with E-state index < -0.39 is 0 Å². The zero-order valence-corrected chi connectivity index (χ0v) is 29.0. The molecule has 0 bridgehead atoms. The van der Waals surface area contributed by atoms with Crippen molar-refractivity contribution in [2.45, 2.75) is 43.9 Å². The molecule has 3 amide bonds. The number of piperidine rings is 1. The van der Waals surface area contributed by atoms with Gasteiger partial charge in [0.25, 0.3) is 17.7 Å². The Morgan fingerprint density at radius 2 is 1.50 bits per heavy atom. The number of carbonyl (C=O) groups excluding carboxylic acids is 3. The molecule has 3 aliphatic rings. The topological polar surface area (TPSA) is 112 Å². The third-order valence-corrected chi connectivity index (χ3v) is 10.4. The Bertz CT molecular complexity index is 1840. The molecule has 1 aromatic heterocycles. The maximum atomic E-state index is 13.4. The Labute approximate surface area is 293 Å². The number of fused-ring (bicyclic) bond motifs is 2. The van der Waals surface area contributed by atoms with E-state index in [9.17, 15) is 14.4 Å². The minimum absolute atomic E-state index is 0.0196. The number of imidazole rings is 1. The summed E-state index contributed by atoms with van der Waals surface area (Å²) < 4.78 is 7.74. The summed E-state index contributed by atoms with van der Waals surface area (Å²) in [5, 5.41) is 6.00. The van der Waals surface area contributed by atoms with Crippen LogP contribution in [0.25, 0.3) is 0 Å². The normalized spacial score (nSPS) is 17.5. The Kier molecular flexibility index (Phi) is 9.54. The highest BCUT2D eigenvalue weighted by molar-refractivity contribution is 6.04. The molecular formula is C39H45N7O4. The number of rotatable bonds is 9. The molecule has 11 heteroatoms. The molecule has 0 atom stereocenters. The first-order valence-electron chi connectivity index (χ1n) is 17.4. The SMILES string of the molecule is CN1CCC(c2ccc(C(=O)Nc3ccc(CNC(=O)c4ncc5n4CCN(Cc4ccc(C(=O)N(C)C)cc4)C54COC4)cc3)cc2)CC1. The monoisotopic (exact) mass is 675 g/mol. The van der Waals surface area contributed by atoms with Crippen LogP contribution < -0.4 is 10.6 Å². The lowest BCUT2D eigenvalue weighted by Crippen LogP contribution is -2.63. The molecule has 0 aliphatic carbocycles. The molecule has 50 heavy (non-hydrogen) atoms. The molecule has 4 heterocycles. The number of hydrogen-bond acceptors (Lipinski definition) is 7. The first kappa shape index (κ1) is 33.6. The molecule has 2 saturated heterocycles. The van der Waals surface area contributed by atoms with Gasteiger partial charge in [0.2, 0.25) is 0 Å². The van der Waals surface area contributed by atoms with E-state index in [0.29, 0.717) is 61.4 Å². The van der Waals surface area contributed by atoms with Crippen molar-refractivity contribution in [3.63, 3.8) is 0 Å². The minimum atomic E-state index is -0.350. The molecular weight excluding hydrogens is 630 g/mol. The van der Waals surface area contributed by atoms with Gasteiger partial charge < -0.3 is 29.7 Å². The molecule has 11 nitrogen and oxygen atoms in total. The zero-order valence-electron chi connectivity index (χ0n) is 29.0. The quantitative estimate of drug-likeness (QED) is 0.272. The van der Waals surface area contributed by atoms with Crippen LogP contribution >= 0.6 is 0 Å². The van der Waals surface area contributed by atoms with Gasteiger partial charge in [-0.3, -0.25) is 19.3 Å². The van der Waals surface area contributed by atoms with Crippen molar-refractivity contribution < 1.29 is 19.1 Å². The van der Waals surface area contributed by atoms with Crippen LogP contribution in [0.3, 0.4) is 0 Å². The number of ether oxygens (including phenoxy) is 1. The smallest absolute Gasteiger partial charge is 0.287 e. The lowest BCUT2D eigenvalue weighted by Gasteiger charge is -2.52. The predicted octanol–water partition coefficient (Wildman–Crippen LogP) is 4.32. The summed E-state index contributed by atoms with van der Waals surface area (Å²) in [6, 6.07) is 23.3. The first-order valence-corrected chi connectivity index (χ1v) is 17.4. The Balaban J connectivity index is 0.934. The van der Waals surface area contributed by atoms with E-state index in [1.807, 2.05) is 71.4 Å². The molecule has 1 spiro atoms. The lowest BCUT2D eigenvalue weighted by molar-refractivity contribution is -0.162. The molecule has 0 radical (unpaired) electrons. The second kappa shape index (κ2) is 14.2. The number of hydrogen-bond donors (Lipinski definition) is 2. The van der Waals surface area contributed by atoms with E-state index in [1.165, 1.54) is 5.56 Å². The number of amides is 3. The third kappa shape index (κ3) is 6.81. The number of aromatic nitrogens is 2. The number of benzene rings is 3. The fourth-order valence-electron chi connectivity index (χ4n) is 7.26. The highest BCUT2D eigenvalue weighted by Gasteiger charge is 2.50. The molecule has 260 valence electrons. The van der Waals surface area contributed by atoms with Gasteiger partial charge in [0.15, 0.2) is 5.82 Å². The molecule has 3 aromatic carbocycles. The van der Waals surface area contributed by atoms with Gasteiger partial charge in [-0.15, -0.1) is 0 Å². The molecule has 2 fully saturated rings. The van der Waals surface area contributed by atoms with Crippen molar-refractivity contribution in [3.05, 3.63) is 118 Å². The van der Waals surface area contributed by atoms with Crippen LogP contribution in [-0.2, 0) is 29.9 Å². The molecule has 4 aromatic rings. The van der Waals surface area contributed by atoms with Gasteiger partial charge in [-0.25, -0.2) is 4.98 Å². The molecule has 0 saturated carbocycles. The minimum Gasteiger partial charge on any atom is -0.377 e. The van der Waals surface area contributed by atoms with E-state index >= 15 is 0 Å². The van der Waals surface area contributed by atoms with Crippen LogP contribution in [0, 0.1) is 0 Å². The number of carbonyl (C=O) groups is 3. The number of nitrogens with zero attached hydrogens (tertiary/aromatic N) is 5. The van der Waals surface area contributed by atoms with Gasteiger partial charge >= 0.3 is 0 Å². The van der Waals surface area contributed by atoms with E-state index in [0.717, 1.165) is 49.3 Å². The van der Waals surface area contributed by atoms with Gasteiger partial charge in [-0.2, -0.15) is 0 Å². The van der Waals surface area contributed by atoms with Crippen molar-refractivity contribution in [3.8, 4) is 0 Å². The Hall–Kier alpha value is -4.84. The van der Waals surface area contributed by atoms with Crippen molar-refractivity contribution >= 4 is 23.4 Å². The van der Waals surface area contributed by atoms with Crippen LogP contribution in [-0.4, -0.2) is 96.0 Å². The van der Waals surface area contributed by atoms with Gasteiger partial charge in [-0.05, 0) is 92.0 Å². The highest BCUT2D eigenvalue weighted by Crippen LogP contribution is 2.40. The molecule has 3 aliphatic heterocycles. The number of likely N-dealkylation sites (tertiary alicyclic amines) is 1. The summed E-state index contributed by atoms with van der Waals surface area (Å²) in [5.41, 5.74) is 5.95. The zero-order chi connectivity index (χ0) is 34.8. The fourth-order valence-corrected chi connectivity index (χ4v) is 7.26. The number of anilines is 1. The fraction of sp³-hybridized carbons (Fsp3) is 0.385. The van der Waals surface area contributed by atoms with Crippen LogP contribution in [0.4, 0.5) is 5.69 Å². The van der Waals surface area contributed by atoms with E-state index in [2.05, 4.69) is 44.6 Å². The van der Waals surface area contributed by atoms with E-state index in [1.54, 1.807) is 19.0 Å². The summed E-state index contributed by atoms with van der Waals surface area (Å²) in [6.45, 7) is 5.68. The molecule has 0 unspecified atom stereocenters. The van der Waals surface area contributed by atoms with Crippen LogP contribution in [0.2, 0.25) is 0 Å². The van der Waals surface area contributed by atoms with Gasteiger partial charge in [0.05, 0.1) is 25.1 Å². The number of nitrogens with one attached hydrogen (secondary N) is 2. The maximum absolute atomic E-state index is 13.4. The maximum Gasteiger partial charge on any atom is 0.287 e. The summed E-state index contributed by atoms with van der Waals surface area (Å²) in [5.74, 6) is 0.546. The van der Waals surface area contributed by atoms with Gasteiger partial charge in [0.1, 0.15) is 5.54 Å². The summed E-state index contributed by atoms with van der Waals surface area (Å²) in [4.78, 5) is 49.5. The Morgan fingerprint density at radius 1 is 0.840 bits per heavy atom. The summed E-state index contributed by atoms with van der Waals surface area (Å²) in [7, 11) is 5.66. The lowest BCUT2D eigenvalue weighted by atomic mass is 9.88. The molecule has 2 N–H and O–H groups in total. The van der Waals surface area contributed by atoms with Crippen LogP contribution in [0.1, 0.15) is 72.5 Å². The van der Waals surface area contributed by atoms with Gasteiger partial charge in [-0.1, -0.05) is 36.4 Å². The van der Waals surface area contributed by atoms with Crippen molar-refractivity contribution in [2.75, 3.05) is 59.3 Å². The van der Waals surface area contributed by atoms with Crippen molar-refractivity contribution in [1.82, 2.24) is 29.6 Å². The van der Waals surface area contributed by atoms with E-state index in [4.69, 9.17) is 4.74 Å².